The molecule has 2 aliphatic heterocycles. The van der Waals surface area contributed by atoms with Gasteiger partial charge in [0.15, 0.2) is 0 Å². The molecule has 192 valence electrons. The van der Waals surface area contributed by atoms with Crippen LogP contribution in [0.1, 0.15) is 50.9 Å². The number of aromatic amines is 1. The Kier molecular flexibility index (Phi) is 7.61. The molecular formula is C27H34N3O6+. The van der Waals surface area contributed by atoms with Crippen molar-refractivity contribution in [3.63, 3.8) is 0 Å². The number of ketones is 1. The first-order valence-corrected chi connectivity index (χ1v) is 12.3. The number of hydrogen-bond acceptors (Lipinski definition) is 6. The number of hydrogen-bond donors (Lipinski definition) is 3. The third-order valence-electron chi connectivity index (χ3n) is 7.13. The van der Waals surface area contributed by atoms with Crippen LogP contribution in [0.3, 0.4) is 0 Å². The van der Waals surface area contributed by atoms with Crippen molar-refractivity contribution in [2.24, 2.45) is 0 Å². The van der Waals surface area contributed by atoms with Crippen molar-refractivity contribution in [3.8, 4) is 0 Å². The summed E-state index contributed by atoms with van der Waals surface area (Å²) < 4.78 is 10.3. The summed E-state index contributed by atoms with van der Waals surface area (Å²) in [7, 11) is 1.28. The predicted molar refractivity (Wildman–Crippen MR) is 133 cm³/mol. The number of methoxy groups -OCH3 is 1. The second-order valence-electron chi connectivity index (χ2n) is 9.49. The van der Waals surface area contributed by atoms with Gasteiger partial charge in [-0.05, 0) is 31.9 Å². The lowest BCUT2D eigenvalue weighted by Gasteiger charge is -2.27. The van der Waals surface area contributed by atoms with Crippen LogP contribution in [0.25, 0.3) is 5.76 Å². The molecule has 2 aliphatic rings. The molecule has 4 rings (SSSR count). The average molecular weight is 497 g/mol. The molecule has 0 saturated carbocycles. The summed E-state index contributed by atoms with van der Waals surface area (Å²) in [5, 5.41) is 11.5. The maximum Gasteiger partial charge on any atom is 0.354 e. The number of benzene rings is 1. The molecule has 1 aromatic heterocycles. The largest absolute Gasteiger partial charge is 0.507 e. The van der Waals surface area contributed by atoms with E-state index in [2.05, 4.69) is 4.98 Å². The summed E-state index contributed by atoms with van der Waals surface area (Å²) >= 11 is 0. The number of quaternary nitrogens is 1. The minimum Gasteiger partial charge on any atom is -0.507 e. The van der Waals surface area contributed by atoms with Gasteiger partial charge in [-0.1, -0.05) is 29.8 Å². The Morgan fingerprint density at radius 1 is 1.17 bits per heavy atom. The van der Waals surface area contributed by atoms with Crippen LogP contribution in [0.4, 0.5) is 0 Å². The quantitative estimate of drug-likeness (QED) is 0.232. The molecule has 1 aromatic carbocycles. The van der Waals surface area contributed by atoms with Gasteiger partial charge < -0.3 is 29.4 Å². The van der Waals surface area contributed by atoms with Gasteiger partial charge in [-0.3, -0.25) is 9.59 Å². The topological polar surface area (TPSA) is 113 Å². The maximum atomic E-state index is 13.3. The molecule has 36 heavy (non-hydrogen) atoms. The number of carbonyl (C=O) groups is 3. The lowest BCUT2D eigenvalue weighted by atomic mass is 9.93. The Labute approximate surface area is 210 Å². The number of aryl methyl sites for hydroxylation is 2. The molecule has 0 bridgehead atoms. The molecule has 9 nitrogen and oxygen atoms in total. The van der Waals surface area contributed by atoms with Crippen LogP contribution in [0, 0.1) is 20.8 Å². The van der Waals surface area contributed by atoms with Crippen molar-refractivity contribution < 1.29 is 33.9 Å². The Balaban J connectivity index is 1.74. The minimum atomic E-state index is -0.726. The number of aromatic nitrogens is 1. The van der Waals surface area contributed by atoms with E-state index in [4.69, 9.17) is 9.47 Å². The Morgan fingerprint density at radius 3 is 2.47 bits per heavy atom. The summed E-state index contributed by atoms with van der Waals surface area (Å²) in [5.41, 5.74) is 3.33. The van der Waals surface area contributed by atoms with Crippen molar-refractivity contribution >= 4 is 23.4 Å². The van der Waals surface area contributed by atoms with Crippen LogP contribution in [0.5, 0.6) is 0 Å². The number of morpholine rings is 1. The number of rotatable bonds is 7. The molecule has 2 saturated heterocycles. The molecule has 0 spiro atoms. The van der Waals surface area contributed by atoms with E-state index in [9.17, 15) is 19.5 Å². The summed E-state index contributed by atoms with van der Waals surface area (Å²) in [4.78, 5) is 44.7. The first-order valence-electron chi connectivity index (χ1n) is 12.3. The summed E-state index contributed by atoms with van der Waals surface area (Å²) in [6.07, 6.45) is 0.722. The number of nitrogens with one attached hydrogen (secondary N) is 2. The molecule has 2 fully saturated rings. The number of Topliss-reactive ketones (excluding diaryl/α,β-unsaturated/α-hetero) is 1. The highest BCUT2D eigenvalue weighted by Gasteiger charge is 2.46. The highest BCUT2D eigenvalue weighted by molar-refractivity contribution is 6.46. The normalized spacial score (nSPS) is 20.2. The molecule has 0 aliphatic carbocycles. The zero-order valence-electron chi connectivity index (χ0n) is 21.3. The molecular weight excluding hydrogens is 462 g/mol. The monoisotopic (exact) mass is 496 g/mol. The van der Waals surface area contributed by atoms with Crippen molar-refractivity contribution in [2.45, 2.75) is 33.2 Å². The molecule has 2 aromatic rings. The number of aliphatic hydroxyl groups is 1. The van der Waals surface area contributed by atoms with E-state index < -0.39 is 23.7 Å². The Bertz CT molecular complexity index is 1190. The van der Waals surface area contributed by atoms with Gasteiger partial charge in [-0.25, -0.2) is 4.79 Å². The van der Waals surface area contributed by atoms with Crippen LogP contribution >= 0.6 is 0 Å². The molecule has 3 N–H and O–H groups in total. The fourth-order valence-corrected chi connectivity index (χ4v) is 5.16. The average Bonchev–Trinajstić information content (AvgIpc) is 3.31. The first kappa shape index (κ1) is 25.7. The highest BCUT2D eigenvalue weighted by atomic mass is 16.5. The third-order valence-corrected chi connectivity index (χ3v) is 7.13. The lowest BCUT2D eigenvalue weighted by Crippen LogP contribution is -3.14. The number of nitrogens with zero attached hydrogens (tertiary/aromatic N) is 1. The van der Waals surface area contributed by atoms with E-state index >= 15 is 0 Å². The molecule has 1 atom stereocenters. The van der Waals surface area contributed by atoms with Crippen molar-refractivity contribution in [1.82, 2.24) is 9.88 Å². The minimum absolute atomic E-state index is 0.0317. The van der Waals surface area contributed by atoms with Crippen LogP contribution < -0.4 is 4.90 Å². The third kappa shape index (κ3) is 4.81. The van der Waals surface area contributed by atoms with E-state index in [0.29, 0.717) is 23.4 Å². The first-order chi connectivity index (χ1) is 17.2. The van der Waals surface area contributed by atoms with E-state index in [0.717, 1.165) is 50.4 Å². The fraction of sp³-hybridized carbons (Fsp3) is 0.444. The number of amides is 1. The molecule has 3 heterocycles. The van der Waals surface area contributed by atoms with Crippen molar-refractivity contribution in [1.29, 1.82) is 0 Å². The molecule has 0 radical (unpaired) electrons. The van der Waals surface area contributed by atoms with E-state index in [-0.39, 0.29) is 17.0 Å². The lowest BCUT2D eigenvalue weighted by molar-refractivity contribution is -0.908. The Morgan fingerprint density at radius 2 is 1.83 bits per heavy atom. The van der Waals surface area contributed by atoms with Gasteiger partial charge in [0.2, 0.25) is 0 Å². The molecule has 1 unspecified atom stereocenters. The number of likely N-dealkylation sites (tertiary alicyclic amines) is 1. The van der Waals surface area contributed by atoms with Crippen LogP contribution in [-0.2, 0) is 19.1 Å². The summed E-state index contributed by atoms with van der Waals surface area (Å²) in [6.45, 7) is 9.91. The standard InChI is InChI=1S/C27H33N3O6/c1-16-6-8-19(9-7-16)23-21(24(31)20-17(2)22(27(34)35-4)28-18(20)3)25(32)26(33)30(23)11-5-10-29-12-14-36-15-13-29/h6-9,23,28,31H,5,10-15H2,1-4H3/p+1. The van der Waals surface area contributed by atoms with Gasteiger partial charge in [0.05, 0.1) is 38.5 Å². The summed E-state index contributed by atoms with van der Waals surface area (Å²) in [6, 6.07) is 6.90. The van der Waals surface area contributed by atoms with Gasteiger partial charge in [-0.15, -0.1) is 0 Å². The highest BCUT2D eigenvalue weighted by Crippen LogP contribution is 2.41. The van der Waals surface area contributed by atoms with Gasteiger partial charge in [0, 0.05) is 24.2 Å². The van der Waals surface area contributed by atoms with Crippen LogP contribution in [0.2, 0.25) is 0 Å². The number of aliphatic hydroxyl groups excluding tert-OH is 1. The van der Waals surface area contributed by atoms with Crippen LogP contribution in [0.15, 0.2) is 29.8 Å². The maximum absolute atomic E-state index is 13.3. The van der Waals surface area contributed by atoms with Gasteiger partial charge in [-0.2, -0.15) is 0 Å². The Hall–Kier alpha value is -3.43. The van der Waals surface area contributed by atoms with E-state index in [1.165, 1.54) is 12.0 Å². The second-order valence-corrected chi connectivity index (χ2v) is 9.49. The molecule has 9 heteroatoms. The SMILES string of the molecule is COC(=O)c1[nH]c(C)c(C(O)=C2C(=O)C(=O)N(CCC[NH+]3CCOCC3)C2c2ccc(C)cc2)c1C. The van der Waals surface area contributed by atoms with Crippen molar-refractivity contribution in [2.75, 3.05) is 46.5 Å². The van der Waals surface area contributed by atoms with Crippen molar-refractivity contribution in [3.05, 3.63) is 63.5 Å². The van der Waals surface area contributed by atoms with Gasteiger partial charge >= 0.3 is 5.97 Å². The molecule has 1 amide bonds. The fourth-order valence-electron chi connectivity index (χ4n) is 5.16. The smallest absolute Gasteiger partial charge is 0.354 e. The second kappa shape index (κ2) is 10.7. The number of ether oxygens (including phenoxy) is 2. The zero-order valence-corrected chi connectivity index (χ0v) is 21.3. The zero-order chi connectivity index (χ0) is 26.0. The summed E-state index contributed by atoms with van der Waals surface area (Å²) in [5.74, 6) is -2.22. The van der Waals surface area contributed by atoms with Crippen LogP contribution in [-0.4, -0.2) is 79.2 Å². The van der Waals surface area contributed by atoms with Gasteiger partial charge in [0.1, 0.15) is 24.5 Å². The number of H-pyrrole nitrogens is 1. The van der Waals surface area contributed by atoms with Gasteiger partial charge in [0.25, 0.3) is 11.7 Å². The predicted octanol–water partition coefficient (Wildman–Crippen LogP) is 1.45. The van der Waals surface area contributed by atoms with E-state index in [1.54, 1.807) is 18.7 Å². The number of esters is 1. The number of carbonyl (C=O) groups excluding carboxylic acids is 3. The van der Waals surface area contributed by atoms with E-state index in [1.807, 2.05) is 31.2 Å².